The predicted octanol–water partition coefficient (Wildman–Crippen LogP) is 2.46. The number of ether oxygens (including phenoxy) is 1. The maximum atomic E-state index is 9.67. The zero-order chi connectivity index (χ0) is 17.9. The number of H-pyrrole nitrogens is 1. The number of nitrogens with zero attached hydrogens (tertiary/aromatic N) is 3. The summed E-state index contributed by atoms with van der Waals surface area (Å²) in [6.45, 7) is 12.6. The third kappa shape index (κ3) is 2.66. The Morgan fingerprint density at radius 1 is 1.38 bits per heavy atom. The van der Waals surface area contributed by atoms with E-state index >= 15 is 0 Å². The fourth-order valence-electron chi connectivity index (χ4n) is 3.97. The first kappa shape index (κ1) is 19.3. The molecular formula is C19H24N4O2W. The van der Waals surface area contributed by atoms with Crippen molar-refractivity contribution in [1.82, 2.24) is 19.5 Å². The molecule has 0 spiro atoms. The van der Waals surface area contributed by atoms with E-state index in [9.17, 15) is 5.11 Å². The molecule has 3 aromatic rings. The molecule has 0 aromatic carbocycles. The molecule has 26 heavy (non-hydrogen) atoms. The SMILES string of the molecule is C=c1cc(C)c2cn([C@@H]3O[C@H](CO)[C@H](C)C3(C)C)c3ncnc([nH]1)c23.[W]. The molecule has 0 radical (unpaired) electrons. The molecule has 7 heteroatoms. The predicted molar refractivity (Wildman–Crippen MR) is 97.6 cm³/mol. The fraction of sp³-hybridized carbons (Fsp3) is 0.474. The van der Waals surface area contributed by atoms with Gasteiger partial charge in [-0.2, -0.15) is 0 Å². The van der Waals surface area contributed by atoms with Gasteiger partial charge in [-0.15, -0.1) is 0 Å². The standard InChI is InChI=1S/C19H24N4O2.W/c1-10-6-11(2)22-16-15-13(10)7-23(17(15)21-9-20-16)18-19(4,5)12(3)14(8-24)25-18;/h6-7,9,12,14,18,24H,2,8H2,1,3-5H3,(H,20,21,22);/t12-,14+,18+;/m0./s1. The second kappa shape index (κ2) is 6.59. The van der Waals surface area contributed by atoms with Crippen molar-refractivity contribution in [3.8, 4) is 0 Å². The molecule has 0 amide bonds. The van der Waals surface area contributed by atoms with Crippen molar-refractivity contribution in [2.75, 3.05) is 6.61 Å². The van der Waals surface area contributed by atoms with Crippen LogP contribution in [0.5, 0.6) is 0 Å². The van der Waals surface area contributed by atoms with Crippen LogP contribution >= 0.6 is 0 Å². The van der Waals surface area contributed by atoms with Gasteiger partial charge in [0, 0.05) is 43.4 Å². The Labute approximate surface area is 166 Å². The molecule has 0 saturated carbocycles. The van der Waals surface area contributed by atoms with Gasteiger partial charge in [0.2, 0.25) is 0 Å². The van der Waals surface area contributed by atoms with Gasteiger partial charge >= 0.3 is 0 Å². The molecule has 0 unspecified atom stereocenters. The summed E-state index contributed by atoms with van der Waals surface area (Å²) in [5, 5.41) is 12.5. The molecule has 2 N–H and O–H groups in total. The van der Waals surface area contributed by atoms with Crippen LogP contribution in [0, 0.1) is 18.3 Å². The van der Waals surface area contributed by atoms with Crippen LogP contribution in [0.3, 0.4) is 0 Å². The number of rotatable bonds is 2. The van der Waals surface area contributed by atoms with E-state index in [0.717, 1.165) is 33.0 Å². The summed E-state index contributed by atoms with van der Waals surface area (Å²) in [7, 11) is 0. The Morgan fingerprint density at radius 3 is 2.77 bits per heavy atom. The molecule has 6 nitrogen and oxygen atoms in total. The largest absolute Gasteiger partial charge is 0.394 e. The van der Waals surface area contributed by atoms with Crippen molar-refractivity contribution in [2.45, 2.75) is 40.0 Å². The normalized spacial score (nSPS) is 24.9. The van der Waals surface area contributed by atoms with Gasteiger partial charge in [0.25, 0.3) is 0 Å². The minimum atomic E-state index is -0.200. The fourth-order valence-corrected chi connectivity index (χ4v) is 3.97. The van der Waals surface area contributed by atoms with Gasteiger partial charge in [0.05, 0.1) is 18.1 Å². The van der Waals surface area contributed by atoms with Crippen molar-refractivity contribution >= 4 is 28.6 Å². The Balaban J connectivity index is 0.00000196. The molecule has 1 fully saturated rings. The summed E-state index contributed by atoms with van der Waals surface area (Å²) in [5.74, 6) is 0.229. The van der Waals surface area contributed by atoms with Gasteiger partial charge in [0.1, 0.15) is 23.8 Å². The molecule has 4 rings (SSSR count). The molecule has 0 bridgehead atoms. The average molecular weight is 524 g/mol. The first-order chi connectivity index (χ1) is 11.8. The van der Waals surface area contributed by atoms with Crippen LogP contribution in [0.25, 0.3) is 28.6 Å². The van der Waals surface area contributed by atoms with E-state index in [-0.39, 0.29) is 51.3 Å². The molecule has 3 aromatic heterocycles. The van der Waals surface area contributed by atoms with E-state index in [4.69, 9.17) is 4.74 Å². The third-order valence-corrected chi connectivity index (χ3v) is 5.81. The summed E-state index contributed by atoms with van der Waals surface area (Å²) in [6.07, 6.45) is 3.28. The summed E-state index contributed by atoms with van der Waals surface area (Å²) in [5.41, 5.74) is 2.57. The Hall–Kier alpha value is -1.49. The number of aromatic nitrogens is 4. The molecule has 1 aliphatic rings. The number of aliphatic hydroxyl groups excluding tert-OH is 1. The van der Waals surface area contributed by atoms with Gasteiger partial charge in [0.15, 0.2) is 0 Å². The molecule has 1 saturated heterocycles. The Bertz CT molecular complexity index is 1020. The maximum absolute atomic E-state index is 9.67. The number of hydrogen-bond acceptors (Lipinski definition) is 4. The Morgan fingerprint density at radius 2 is 2.12 bits per heavy atom. The minimum absolute atomic E-state index is 0. The number of hydrogen-bond donors (Lipinski definition) is 2. The van der Waals surface area contributed by atoms with Crippen molar-refractivity contribution in [1.29, 1.82) is 0 Å². The van der Waals surface area contributed by atoms with Crippen molar-refractivity contribution < 1.29 is 30.9 Å². The molecular weight excluding hydrogens is 500 g/mol. The maximum Gasteiger partial charge on any atom is 0.148 e. The summed E-state index contributed by atoms with van der Waals surface area (Å²) in [4.78, 5) is 12.2. The number of aromatic amines is 1. The van der Waals surface area contributed by atoms with E-state index in [0.29, 0.717) is 0 Å². The summed E-state index contributed by atoms with van der Waals surface area (Å²) in [6, 6.07) is 2.01. The van der Waals surface area contributed by atoms with Crippen LogP contribution in [0.1, 0.15) is 32.6 Å². The van der Waals surface area contributed by atoms with Crippen molar-refractivity contribution in [2.24, 2.45) is 11.3 Å². The molecule has 4 heterocycles. The van der Waals surface area contributed by atoms with Crippen LogP contribution in [-0.2, 0) is 25.8 Å². The van der Waals surface area contributed by atoms with Crippen molar-refractivity contribution in [3.63, 3.8) is 0 Å². The van der Waals surface area contributed by atoms with Crippen LogP contribution in [0.2, 0.25) is 0 Å². The van der Waals surface area contributed by atoms with E-state index in [1.54, 1.807) is 6.33 Å². The van der Waals surface area contributed by atoms with E-state index in [1.165, 1.54) is 0 Å². The molecule has 0 aliphatic carbocycles. The number of nitrogens with one attached hydrogen (secondary N) is 1. The molecule has 3 atom stereocenters. The van der Waals surface area contributed by atoms with Crippen LogP contribution < -0.4 is 5.35 Å². The van der Waals surface area contributed by atoms with Crippen LogP contribution in [-0.4, -0.2) is 37.3 Å². The van der Waals surface area contributed by atoms with Crippen LogP contribution in [0.15, 0.2) is 18.6 Å². The zero-order valence-corrected chi connectivity index (χ0v) is 18.4. The van der Waals surface area contributed by atoms with E-state index < -0.39 is 0 Å². The monoisotopic (exact) mass is 524 g/mol. The smallest absolute Gasteiger partial charge is 0.148 e. The van der Waals surface area contributed by atoms with Gasteiger partial charge in [-0.05, 0) is 24.5 Å². The van der Waals surface area contributed by atoms with Gasteiger partial charge in [-0.1, -0.05) is 27.4 Å². The van der Waals surface area contributed by atoms with E-state index in [2.05, 4.69) is 60.0 Å². The topological polar surface area (TPSA) is 76.0 Å². The second-order valence-electron chi connectivity index (χ2n) is 7.67. The number of aliphatic hydroxyl groups is 1. The minimum Gasteiger partial charge on any atom is -0.394 e. The number of aryl methyl sites for hydroxylation is 1. The third-order valence-electron chi connectivity index (χ3n) is 5.81. The van der Waals surface area contributed by atoms with Gasteiger partial charge in [-0.3, -0.25) is 0 Å². The Kier molecular flexibility index (Phi) is 4.89. The zero-order valence-electron chi connectivity index (χ0n) is 15.5. The summed E-state index contributed by atoms with van der Waals surface area (Å²) >= 11 is 0. The molecule has 138 valence electrons. The second-order valence-corrected chi connectivity index (χ2v) is 7.67. The van der Waals surface area contributed by atoms with Gasteiger partial charge in [-0.25, -0.2) is 9.97 Å². The van der Waals surface area contributed by atoms with Crippen molar-refractivity contribution in [3.05, 3.63) is 29.5 Å². The van der Waals surface area contributed by atoms with Crippen LogP contribution in [0.4, 0.5) is 0 Å². The first-order valence-electron chi connectivity index (χ1n) is 8.61. The van der Waals surface area contributed by atoms with E-state index in [1.807, 2.05) is 6.07 Å². The molecule has 1 aliphatic heterocycles. The average Bonchev–Trinajstić information content (AvgIpc) is 3.00. The quantitative estimate of drug-likeness (QED) is 0.541. The summed E-state index contributed by atoms with van der Waals surface area (Å²) < 4.78 is 8.33. The first-order valence-corrected chi connectivity index (χ1v) is 8.61. The van der Waals surface area contributed by atoms with Gasteiger partial charge < -0.3 is 19.4 Å².